The maximum atomic E-state index is 13.2. The Kier molecular flexibility index (Phi) is 4.98. The summed E-state index contributed by atoms with van der Waals surface area (Å²) in [5, 5.41) is 23.6. The molecule has 3 heterocycles. The molecule has 0 saturated carbocycles. The molecule has 32 heavy (non-hydrogen) atoms. The normalized spacial score (nSPS) is 19.7. The first-order valence-corrected chi connectivity index (χ1v) is 11.2. The second-order valence-corrected chi connectivity index (χ2v) is 8.93. The number of thiophene rings is 1. The fourth-order valence-corrected chi connectivity index (χ4v) is 5.11. The van der Waals surface area contributed by atoms with Crippen LogP contribution in [0, 0.1) is 6.92 Å². The third-order valence-electron chi connectivity index (χ3n) is 5.83. The SMILES string of the molecule is Cc1ccc(O)c(N2C(=O)C(=O)/C(=C(\O)c3ccc4c(c3)CCCO4)C2c2cccs2)c1. The van der Waals surface area contributed by atoms with Gasteiger partial charge in [-0.15, -0.1) is 11.3 Å². The van der Waals surface area contributed by atoms with Crippen LogP contribution in [-0.4, -0.2) is 28.5 Å². The van der Waals surface area contributed by atoms with Gasteiger partial charge in [-0.1, -0.05) is 12.1 Å². The molecule has 0 bridgehead atoms. The lowest BCUT2D eigenvalue weighted by Gasteiger charge is -2.25. The third-order valence-corrected chi connectivity index (χ3v) is 6.75. The number of rotatable bonds is 3. The van der Waals surface area contributed by atoms with E-state index in [9.17, 15) is 19.8 Å². The van der Waals surface area contributed by atoms with Crippen LogP contribution in [0.25, 0.3) is 5.76 Å². The van der Waals surface area contributed by atoms with Crippen LogP contribution in [0.1, 0.15) is 34.0 Å². The van der Waals surface area contributed by atoms with Crippen molar-refractivity contribution in [1.29, 1.82) is 0 Å². The van der Waals surface area contributed by atoms with Gasteiger partial charge in [-0.05, 0) is 72.7 Å². The fourth-order valence-electron chi connectivity index (χ4n) is 4.29. The second kappa shape index (κ2) is 7.84. The van der Waals surface area contributed by atoms with Crippen molar-refractivity contribution < 1.29 is 24.5 Å². The molecule has 0 aliphatic carbocycles. The number of carbonyl (C=O) groups excluding carboxylic acids is 2. The Morgan fingerprint density at radius 1 is 1.16 bits per heavy atom. The summed E-state index contributed by atoms with van der Waals surface area (Å²) in [5.41, 5.74) is 2.50. The van der Waals surface area contributed by atoms with Gasteiger partial charge < -0.3 is 14.9 Å². The zero-order valence-electron chi connectivity index (χ0n) is 17.4. The molecule has 3 aromatic rings. The molecule has 1 atom stereocenters. The summed E-state index contributed by atoms with van der Waals surface area (Å²) in [4.78, 5) is 28.3. The number of ether oxygens (including phenoxy) is 1. The number of aryl methyl sites for hydroxylation is 2. The Morgan fingerprint density at radius 3 is 2.78 bits per heavy atom. The van der Waals surface area contributed by atoms with Gasteiger partial charge in [0, 0.05) is 10.4 Å². The molecular weight excluding hydrogens is 426 g/mol. The fraction of sp³-hybridized carbons (Fsp3) is 0.200. The molecule has 2 aromatic carbocycles. The van der Waals surface area contributed by atoms with Crippen LogP contribution in [-0.2, 0) is 16.0 Å². The van der Waals surface area contributed by atoms with E-state index in [2.05, 4.69) is 0 Å². The lowest BCUT2D eigenvalue weighted by molar-refractivity contribution is -0.132. The average Bonchev–Trinajstić information content (AvgIpc) is 3.42. The highest BCUT2D eigenvalue weighted by atomic mass is 32.1. The van der Waals surface area contributed by atoms with Crippen molar-refractivity contribution in [2.24, 2.45) is 0 Å². The van der Waals surface area contributed by atoms with Gasteiger partial charge in [0.1, 0.15) is 23.3 Å². The van der Waals surface area contributed by atoms with E-state index in [4.69, 9.17) is 4.74 Å². The molecule has 2 aliphatic heterocycles. The van der Waals surface area contributed by atoms with Crippen molar-refractivity contribution in [3.63, 3.8) is 0 Å². The first-order chi connectivity index (χ1) is 15.5. The van der Waals surface area contributed by atoms with Gasteiger partial charge >= 0.3 is 0 Å². The molecule has 6 nitrogen and oxygen atoms in total. The van der Waals surface area contributed by atoms with Gasteiger partial charge in [0.05, 0.1) is 17.9 Å². The minimum absolute atomic E-state index is 0.00929. The monoisotopic (exact) mass is 447 g/mol. The first-order valence-electron chi connectivity index (χ1n) is 10.4. The summed E-state index contributed by atoms with van der Waals surface area (Å²) in [6.45, 7) is 2.50. The van der Waals surface area contributed by atoms with Gasteiger partial charge in [0.25, 0.3) is 11.7 Å². The number of carbonyl (C=O) groups is 2. The molecule has 5 rings (SSSR count). The summed E-state index contributed by atoms with van der Waals surface area (Å²) in [5.74, 6) is -1.13. The number of amides is 1. The van der Waals surface area contributed by atoms with Crippen molar-refractivity contribution in [2.75, 3.05) is 11.5 Å². The van der Waals surface area contributed by atoms with Crippen molar-refractivity contribution in [2.45, 2.75) is 25.8 Å². The number of nitrogens with zero attached hydrogens (tertiary/aromatic N) is 1. The quantitative estimate of drug-likeness (QED) is 0.345. The van der Waals surface area contributed by atoms with Gasteiger partial charge in [-0.2, -0.15) is 0 Å². The van der Waals surface area contributed by atoms with E-state index >= 15 is 0 Å². The predicted molar refractivity (Wildman–Crippen MR) is 122 cm³/mol. The summed E-state index contributed by atoms with van der Waals surface area (Å²) in [6, 6.07) is 13.0. The molecule has 2 N–H and O–H groups in total. The number of phenols is 1. The summed E-state index contributed by atoms with van der Waals surface area (Å²) in [7, 11) is 0. The Morgan fingerprint density at radius 2 is 2.00 bits per heavy atom. The number of anilines is 1. The van der Waals surface area contributed by atoms with Crippen LogP contribution >= 0.6 is 11.3 Å². The van der Waals surface area contributed by atoms with Crippen molar-refractivity contribution >= 4 is 34.5 Å². The molecule has 7 heteroatoms. The van der Waals surface area contributed by atoms with Crippen LogP contribution in [0.2, 0.25) is 0 Å². The van der Waals surface area contributed by atoms with Gasteiger partial charge in [0.15, 0.2) is 0 Å². The maximum absolute atomic E-state index is 13.2. The zero-order valence-corrected chi connectivity index (χ0v) is 18.2. The van der Waals surface area contributed by atoms with Crippen LogP contribution in [0.15, 0.2) is 59.5 Å². The van der Waals surface area contributed by atoms with E-state index in [0.717, 1.165) is 29.7 Å². The summed E-state index contributed by atoms with van der Waals surface area (Å²) < 4.78 is 5.65. The minimum Gasteiger partial charge on any atom is -0.507 e. The summed E-state index contributed by atoms with van der Waals surface area (Å²) in [6.07, 6.45) is 1.69. The maximum Gasteiger partial charge on any atom is 0.300 e. The Balaban J connectivity index is 1.70. The number of benzene rings is 2. The van der Waals surface area contributed by atoms with E-state index in [0.29, 0.717) is 17.0 Å². The molecular formula is C25H21NO5S. The smallest absolute Gasteiger partial charge is 0.300 e. The highest BCUT2D eigenvalue weighted by Gasteiger charge is 2.48. The molecule has 1 amide bonds. The topological polar surface area (TPSA) is 87.1 Å². The highest BCUT2D eigenvalue weighted by molar-refractivity contribution is 7.10. The highest BCUT2D eigenvalue weighted by Crippen LogP contribution is 2.46. The van der Waals surface area contributed by atoms with Crippen LogP contribution in [0.3, 0.4) is 0 Å². The molecule has 162 valence electrons. The van der Waals surface area contributed by atoms with Crippen LogP contribution in [0.5, 0.6) is 11.5 Å². The largest absolute Gasteiger partial charge is 0.507 e. The number of aromatic hydroxyl groups is 1. The van der Waals surface area contributed by atoms with Crippen LogP contribution < -0.4 is 9.64 Å². The molecule has 0 spiro atoms. The molecule has 1 aromatic heterocycles. The number of aliphatic hydroxyl groups excluding tert-OH is 1. The van der Waals surface area contributed by atoms with E-state index in [1.807, 2.05) is 30.5 Å². The number of hydrogen-bond donors (Lipinski definition) is 2. The van der Waals surface area contributed by atoms with Gasteiger partial charge in [-0.25, -0.2) is 0 Å². The predicted octanol–water partition coefficient (Wildman–Crippen LogP) is 4.71. The minimum atomic E-state index is -0.838. The molecule has 0 radical (unpaired) electrons. The Labute approximate surface area is 189 Å². The number of aliphatic hydroxyl groups is 1. The average molecular weight is 448 g/mol. The van der Waals surface area contributed by atoms with E-state index < -0.39 is 17.7 Å². The van der Waals surface area contributed by atoms with Crippen molar-refractivity contribution in [1.82, 2.24) is 0 Å². The van der Waals surface area contributed by atoms with Gasteiger partial charge in [-0.3, -0.25) is 14.5 Å². The summed E-state index contributed by atoms with van der Waals surface area (Å²) >= 11 is 1.38. The third kappa shape index (κ3) is 3.26. The molecule has 1 unspecified atom stereocenters. The van der Waals surface area contributed by atoms with E-state index in [-0.39, 0.29) is 22.8 Å². The molecule has 1 fully saturated rings. The zero-order chi connectivity index (χ0) is 22.4. The Bertz CT molecular complexity index is 1260. The number of hydrogen-bond acceptors (Lipinski definition) is 6. The standard InChI is InChI=1S/C25H21NO5S/c1-14-6-8-18(27)17(12-14)26-22(20-5-3-11-32-20)21(24(29)25(26)30)23(28)16-7-9-19-15(13-16)4-2-10-31-19/h3,5-9,11-13,22,27-28H,2,4,10H2,1H3/b23-21-. The van der Waals surface area contributed by atoms with E-state index in [1.54, 1.807) is 24.3 Å². The Hall–Kier alpha value is -3.58. The lowest BCUT2D eigenvalue weighted by atomic mass is 9.97. The number of phenolic OH excluding ortho intramolecular Hbond substituents is 1. The van der Waals surface area contributed by atoms with Crippen molar-refractivity contribution in [3.05, 3.63) is 81.1 Å². The van der Waals surface area contributed by atoms with Gasteiger partial charge in [0.2, 0.25) is 0 Å². The lowest BCUT2D eigenvalue weighted by Crippen LogP contribution is -2.29. The second-order valence-electron chi connectivity index (χ2n) is 7.95. The molecule has 2 aliphatic rings. The van der Waals surface area contributed by atoms with E-state index in [1.165, 1.54) is 22.3 Å². The first kappa shape index (κ1) is 20.3. The molecule has 1 saturated heterocycles. The van der Waals surface area contributed by atoms with Crippen LogP contribution in [0.4, 0.5) is 5.69 Å². The number of Topliss-reactive ketones (excluding diaryl/α,β-unsaturated/α-hetero) is 1. The number of fused-ring (bicyclic) bond motifs is 1. The van der Waals surface area contributed by atoms with Crippen molar-refractivity contribution in [3.8, 4) is 11.5 Å². The number of ketones is 1.